The summed E-state index contributed by atoms with van der Waals surface area (Å²) in [7, 11) is -1.65. The van der Waals surface area contributed by atoms with Crippen LogP contribution in [0.5, 0.6) is 0 Å². The molecule has 1 aromatic heterocycles. The first-order valence-corrected chi connectivity index (χ1v) is 26.7. The van der Waals surface area contributed by atoms with Crippen molar-refractivity contribution in [1.29, 1.82) is 0 Å². The van der Waals surface area contributed by atoms with Crippen LogP contribution in [0.2, 0.25) is 27.1 Å². The van der Waals surface area contributed by atoms with Crippen LogP contribution in [0.15, 0.2) is 60.8 Å². The van der Waals surface area contributed by atoms with E-state index in [1.54, 1.807) is 53.8 Å². The lowest BCUT2D eigenvalue weighted by molar-refractivity contribution is -0.160. The van der Waals surface area contributed by atoms with Crippen LogP contribution in [-0.4, -0.2) is 108 Å². The Hall–Kier alpha value is -5.62. The molecule has 4 amide bonds. The summed E-state index contributed by atoms with van der Waals surface area (Å²) in [5.74, 6) is -5.15. The van der Waals surface area contributed by atoms with Crippen molar-refractivity contribution in [1.82, 2.24) is 25.4 Å². The Morgan fingerprint density at radius 1 is 0.838 bits per heavy atom. The maximum atomic E-state index is 15.3. The molecule has 0 aliphatic carbocycles. The number of nitrogens with one attached hydrogen (secondary N) is 3. The summed E-state index contributed by atoms with van der Waals surface area (Å²) in [5.41, 5.74) is -0.834. The van der Waals surface area contributed by atoms with Gasteiger partial charge in [-0.25, -0.2) is 18.4 Å². The third-order valence-electron chi connectivity index (χ3n) is 10.3. The van der Waals surface area contributed by atoms with Crippen LogP contribution in [0, 0.1) is 17.0 Å². The van der Waals surface area contributed by atoms with Gasteiger partial charge in [0.1, 0.15) is 41.5 Å². The Morgan fingerprint density at radius 3 is 2.07 bits per heavy atom. The third kappa shape index (κ3) is 19.5. The highest BCUT2D eigenvalue weighted by Crippen LogP contribution is 2.41. The van der Waals surface area contributed by atoms with E-state index in [-0.39, 0.29) is 44.5 Å². The molecule has 0 spiro atoms. The monoisotopic (exact) mass is 971 g/mol. The van der Waals surface area contributed by atoms with Gasteiger partial charge in [0.25, 0.3) is 0 Å². The quantitative estimate of drug-likeness (QED) is 0.0441. The predicted molar refractivity (Wildman–Crippen MR) is 258 cm³/mol. The van der Waals surface area contributed by atoms with Gasteiger partial charge in [-0.05, 0) is 95.7 Å². The molecule has 0 aliphatic rings. The van der Waals surface area contributed by atoms with Gasteiger partial charge >= 0.3 is 18.0 Å². The first-order chi connectivity index (χ1) is 31.9. The first-order valence-electron chi connectivity index (χ1n) is 23.4. The molecule has 0 fully saturated rings. The fourth-order valence-corrected chi connectivity index (χ4v) is 7.90. The Kier molecular flexibility index (Phi) is 19.9. The Morgan fingerprint density at radius 2 is 1.49 bits per heavy atom. The second kappa shape index (κ2) is 24.6. The number of esters is 2. The van der Waals surface area contributed by atoms with Crippen molar-refractivity contribution in [2.75, 3.05) is 26.3 Å². The number of benzene rings is 2. The maximum Gasteiger partial charge on any atom is 0.407 e. The normalized spacial score (nSPS) is 13.6. The largest absolute Gasteiger partial charge is 0.460 e. The average Bonchev–Trinajstić information content (AvgIpc) is 3.62. The van der Waals surface area contributed by atoms with E-state index >= 15 is 4.39 Å². The van der Waals surface area contributed by atoms with E-state index in [1.807, 2.05) is 55.7 Å². The molecule has 15 nitrogen and oxygen atoms in total. The number of halogens is 2. The number of aromatic nitrogens is 1. The summed E-state index contributed by atoms with van der Waals surface area (Å²) < 4.78 is 56.7. The number of carbonyl (C=O) groups excluding carboxylic acids is 6. The van der Waals surface area contributed by atoms with Crippen molar-refractivity contribution in [2.24, 2.45) is 5.41 Å². The van der Waals surface area contributed by atoms with Crippen molar-refractivity contribution in [3.63, 3.8) is 0 Å². The van der Waals surface area contributed by atoms with E-state index < -0.39 is 110 Å². The van der Waals surface area contributed by atoms with E-state index in [1.165, 1.54) is 4.90 Å². The van der Waals surface area contributed by atoms with Gasteiger partial charge in [0.05, 0.1) is 12.6 Å². The topological polar surface area (TPSA) is 195 Å². The average molecular weight is 971 g/mol. The highest BCUT2D eigenvalue weighted by molar-refractivity contribution is 6.76. The summed E-state index contributed by atoms with van der Waals surface area (Å²) >= 11 is 0. The molecular formula is C50H73F2N5O10Si. The van der Waals surface area contributed by atoms with Gasteiger partial charge in [-0.15, -0.1) is 0 Å². The molecule has 68 heavy (non-hydrogen) atoms. The minimum absolute atomic E-state index is 0.0105. The molecular weight excluding hydrogens is 897 g/mol. The molecule has 0 saturated heterocycles. The van der Waals surface area contributed by atoms with E-state index in [0.717, 1.165) is 23.8 Å². The van der Waals surface area contributed by atoms with Gasteiger partial charge in [-0.3, -0.25) is 19.2 Å². The highest BCUT2D eigenvalue weighted by Gasteiger charge is 2.38. The van der Waals surface area contributed by atoms with E-state index in [2.05, 4.69) is 30.3 Å². The molecule has 0 aliphatic heterocycles. The van der Waals surface area contributed by atoms with Crippen molar-refractivity contribution in [3.8, 4) is 11.1 Å². The van der Waals surface area contributed by atoms with E-state index in [9.17, 15) is 38.3 Å². The third-order valence-corrected chi connectivity index (χ3v) is 12.0. The lowest BCUT2D eigenvalue weighted by Gasteiger charge is -2.41. The number of nitrogens with zero attached hydrogens (tertiary/aromatic N) is 2. The van der Waals surface area contributed by atoms with Gasteiger partial charge in [-0.2, -0.15) is 0 Å². The number of amides is 4. The molecule has 3 rings (SSSR count). The smallest absolute Gasteiger partial charge is 0.407 e. The zero-order valence-electron chi connectivity index (χ0n) is 42.8. The molecule has 0 saturated carbocycles. The number of carbonyl (C=O) groups is 6. The standard InChI is InChI=1S/C50H73F2N5O10Si/c1-48(2,3)44(40-28-34(36-29-35(51)18-19-37(36)52)31-56(40)30-33-16-14-13-15-17-33)57(42(60)32-58)25-23-38(55-47(64)65-26-27-68(10,11)12)45(62)53-24-22-41(59)54-39(46(63)67-50(7,8)9)20-21-43(61)66-49(4,5)6/h13-19,28-29,31,38-39,44,58H,20-27,30,32H2,1-12H3,(H,53,62)(H,54,59)(H,55,64)/t38-,39-,44-/m0/s1/i/hD. The van der Waals surface area contributed by atoms with Gasteiger partial charge in [0.2, 0.25) is 17.7 Å². The molecule has 0 unspecified atom stereocenters. The Labute approximate surface area is 402 Å². The maximum absolute atomic E-state index is 15.3. The van der Waals surface area contributed by atoms with Crippen LogP contribution in [0.3, 0.4) is 0 Å². The minimum Gasteiger partial charge on any atom is -0.460 e. The molecule has 3 atom stereocenters. The molecule has 1 heterocycles. The highest BCUT2D eigenvalue weighted by atomic mass is 28.3. The van der Waals surface area contributed by atoms with Crippen LogP contribution < -0.4 is 15.9 Å². The second-order valence-corrected chi connectivity index (χ2v) is 26.7. The summed E-state index contributed by atoms with van der Waals surface area (Å²) in [5, 5.41) is 16.0. The van der Waals surface area contributed by atoms with Crippen LogP contribution in [0.4, 0.5) is 13.6 Å². The molecule has 4 N–H and O–H groups in total. The summed E-state index contributed by atoms with van der Waals surface area (Å²) in [6.07, 6.45) is -0.420. The minimum atomic E-state index is -1.65. The van der Waals surface area contributed by atoms with E-state index in [4.69, 9.17) is 15.6 Å². The van der Waals surface area contributed by atoms with Crippen molar-refractivity contribution < 1.29 is 58.3 Å². The molecule has 0 bridgehead atoms. The Balaban J connectivity index is 1.98. The molecule has 2 aromatic carbocycles. The zero-order valence-corrected chi connectivity index (χ0v) is 42.8. The van der Waals surface area contributed by atoms with Crippen LogP contribution in [0.25, 0.3) is 11.1 Å². The van der Waals surface area contributed by atoms with Gasteiger partial charge in [0.15, 0.2) is 1.41 Å². The van der Waals surface area contributed by atoms with Gasteiger partial charge < -0.3 is 44.7 Å². The van der Waals surface area contributed by atoms with Crippen LogP contribution in [-0.2, 0) is 44.7 Å². The van der Waals surface area contributed by atoms with Crippen LogP contribution in [0.1, 0.15) is 105 Å². The van der Waals surface area contributed by atoms with E-state index in [0.29, 0.717) is 22.6 Å². The van der Waals surface area contributed by atoms with Gasteiger partial charge in [-0.1, -0.05) is 70.7 Å². The zero-order chi connectivity index (χ0) is 52.1. The number of aliphatic hydroxyl groups is 1. The molecule has 376 valence electrons. The van der Waals surface area contributed by atoms with Crippen molar-refractivity contribution in [2.45, 2.75) is 150 Å². The summed E-state index contributed by atoms with van der Waals surface area (Å²) in [6.45, 7) is 20.5. The number of aliphatic hydroxyl groups excluding tert-OH is 1. The number of hydrogen-bond acceptors (Lipinski definition) is 10. The molecule has 3 aromatic rings. The predicted octanol–water partition coefficient (Wildman–Crippen LogP) is 7.67. The fourth-order valence-electron chi connectivity index (χ4n) is 7.18. The summed E-state index contributed by atoms with van der Waals surface area (Å²) in [6, 6.07) is 11.1. The summed E-state index contributed by atoms with van der Waals surface area (Å²) in [4.78, 5) is 81.7. The lowest BCUT2D eigenvalue weighted by Crippen LogP contribution is -2.51. The first kappa shape index (κ1) is 55.0. The lowest BCUT2D eigenvalue weighted by atomic mass is 9.82. The number of alkyl carbamates (subject to hydrolysis) is 1. The van der Waals surface area contributed by atoms with Crippen molar-refractivity contribution >= 4 is 43.8 Å². The number of rotatable bonds is 22. The number of hydrogen-bond donors (Lipinski definition) is 4. The molecule has 18 heteroatoms. The fraction of sp³-hybridized carbons (Fsp3) is 0.560. The van der Waals surface area contributed by atoms with Crippen LogP contribution >= 0.6 is 0 Å². The number of ether oxygens (including phenoxy) is 3. The van der Waals surface area contributed by atoms with Gasteiger partial charge in [0, 0.05) is 63.6 Å². The second-order valence-electron chi connectivity index (χ2n) is 21.1. The van der Waals surface area contributed by atoms with Crippen molar-refractivity contribution in [3.05, 3.63) is 83.7 Å². The Bertz CT molecular complexity index is 2230. The SMILES string of the molecule is [2H]N(CCC(=O)N[C@@H](CCC(=O)OC(C)(C)C)C(=O)OC(C)(C)C)C(=O)[C@H](CCN(C(=O)CO)[C@@H](c1cc(-c2cc(F)ccc2F)cn1Cc1ccccc1)C(C)(C)C)NC(=O)OCC[Si](C)(C)C. The molecule has 0 radical (unpaired) electrons.